The molecule has 2 N–H and O–H groups in total. The van der Waals surface area contributed by atoms with Crippen molar-refractivity contribution in [2.75, 3.05) is 6.54 Å². The van der Waals surface area contributed by atoms with Crippen LogP contribution >= 0.6 is 0 Å². The first-order valence-corrected chi connectivity index (χ1v) is 10.4. The Bertz CT molecular complexity index is 822. The number of nitrogens with zero attached hydrogens (tertiary/aromatic N) is 1. The Balaban J connectivity index is 1.67. The maximum absolute atomic E-state index is 13.9. The van der Waals surface area contributed by atoms with Gasteiger partial charge in [0.15, 0.2) is 0 Å². The van der Waals surface area contributed by atoms with Gasteiger partial charge in [-0.15, -0.1) is 0 Å². The molecule has 1 aromatic carbocycles. The molecule has 0 unspecified atom stereocenters. The van der Waals surface area contributed by atoms with Crippen LogP contribution in [0.5, 0.6) is 0 Å². The van der Waals surface area contributed by atoms with E-state index in [9.17, 15) is 31.9 Å². The zero-order chi connectivity index (χ0) is 22.6. The van der Waals surface area contributed by atoms with E-state index in [0.29, 0.717) is 16.9 Å². The van der Waals surface area contributed by atoms with Gasteiger partial charge in [0.1, 0.15) is 5.82 Å². The number of amides is 4. The minimum atomic E-state index is -5.22. The molecule has 10 heteroatoms. The van der Waals surface area contributed by atoms with Gasteiger partial charge < -0.3 is 5.32 Å². The van der Waals surface area contributed by atoms with Crippen LogP contribution in [0.15, 0.2) is 24.3 Å². The minimum absolute atomic E-state index is 0.0446. The Labute approximate surface area is 177 Å². The predicted molar refractivity (Wildman–Crippen MR) is 103 cm³/mol. The van der Waals surface area contributed by atoms with Crippen molar-refractivity contribution >= 4 is 17.8 Å². The highest BCUT2D eigenvalue weighted by Gasteiger charge is 2.68. The predicted octanol–water partition coefficient (Wildman–Crippen LogP) is 3.66. The number of benzene rings is 1. The summed E-state index contributed by atoms with van der Waals surface area (Å²) in [6.45, 7) is -0.341. The van der Waals surface area contributed by atoms with Crippen molar-refractivity contribution in [3.63, 3.8) is 0 Å². The molecule has 0 aromatic heterocycles. The first kappa shape index (κ1) is 23.0. The highest BCUT2D eigenvalue weighted by Crippen LogP contribution is 2.34. The first-order valence-electron chi connectivity index (χ1n) is 10.4. The van der Waals surface area contributed by atoms with Crippen molar-refractivity contribution in [2.24, 2.45) is 5.92 Å². The third kappa shape index (κ3) is 5.16. The highest BCUT2D eigenvalue weighted by molar-refractivity contribution is 6.08. The lowest BCUT2D eigenvalue weighted by molar-refractivity contribution is -0.204. The van der Waals surface area contributed by atoms with Crippen LogP contribution in [0.1, 0.15) is 50.5 Å². The lowest BCUT2D eigenvalue weighted by Crippen LogP contribution is -2.69. The van der Waals surface area contributed by atoms with Crippen LogP contribution in [0.25, 0.3) is 0 Å². The molecule has 1 aromatic rings. The molecule has 4 amide bonds. The second-order valence-corrected chi connectivity index (χ2v) is 8.10. The van der Waals surface area contributed by atoms with Crippen LogP contribution in [0.4, 0.5) is 22.4 Å². The molecule has 3 rings (SSSR count). The fraction of sp³-hybridized carbons (Fsp3) is 0.571. The minimum Gasteiger partial charge on any atom is -0.318 e. The number of hydrogen-bond acceptors (Lipinski definition) is 3. The fourth-order valence-electron chi connectivity index (χ4n) is 4.10. The molecule has 1 saturated heterocycles. The van der Waals surface area contributed by atoms with E-state index < -0.39 is 35.5 Å². The van der Waals surface area contributed by atoms with Gasteiger partial charge in [0, 0.05) is 13.0 Å². The number of carbonyl (C=O) groups excluding carboxylic acids is 3. The third-order valence-corrected chi connectivity index (χ3v) is 5.90. The van der Waals surface area contributed by atoms with Crippen molar-refractivity contribution < 1.29 is 31.9 Å². The van der Waals surface area contributed by atoms with E-state index in [1.54, 1.807) is 10.6 Å². The maximum Gasteiger partial charge on any atom is 0.440 e. The Hall–Kier alpha value is -2.65. The summed E-state index contributed by atoms with van der Waals surface area (Å²) >= 11 is 0. The molecule has 0 bridgehead atoms. The number of alkyl halides is 3. The van der Waals surface area contributed by atoms with Gasteiger partial charge in [-0.1, -0.05) is 44.2 Å². The summed E-state index contributed by atoms with van der Waals surface area (Å²) < 4.78 is 54.6. The number of hydrogen-bond donors (Lipinski definition) is 2. The summed E-state index contributed by atoms with van der Waals surface area (Å²) in [5.74, 6) is -2.71. The van der Waals surface area contributed by atoms with Gasteiger partial charge in [-0.3, -0.25) is 19.8 Å². The molecule has 2 fully saturated rings. The van der Waals surface area contributed by atoms with E-state index >= 15 is 0 Å². The van der Waals surface area contributed by atoms with E-state index in [1.165, 1.54) is 24.3 Å². The van der Waals surface area contributed by atoms with Gasteiger partial charge in [-0.25, -0.2) is 9.18 Å². The summed E-state index contributed by atoms with van der Waals surface area (Å²) in [6, 6.07) is 3.94. The van der Waals surface area contributed by atoms with Crippen LogP contribution in [-0.4, -0.2) is 41.1 Å². The zero-order valence-corrected chi connectivity index (χ0v) is 16.9. The zero-order valence-electron chi connectivity index (χ0n) is 16.9. The molecular formula is C21H25F4N3O3. The molecule has 170 valence electrons. The topological polar surface area (TPSA) is 78.5 Å². The number of urea groups is 1. The van der Waals surface area contributed by atoms with Gasteiger partial charge in [0.2, 0.25) is 5.91 Å². The third-order valence-electron chi connectivity index (χ3n) is 5.90. The number of rotatable bonds is 7. The summed E-state index contributed by atoms with van der Waals surface area (Å²) in [6.07, 6.45) is 0.182. The van der Waals surface area contributed by atoms with Gasteiger partial charge in [-0.05, 0) is 36.5 Å². The van der Waals surface area contributed by atoms with Crippen molar-refractivity contribution in [1.82, 2.24) is 15.5 Å². The Kier molecular flexibility index (Phi) is 6.86. The van der Waals surface area contributed by atoms with E-state index in [1.807, 2.05) is 0 Å². The number of carbonyl (C=O) groups is 3. The van der Waals surface area contributed by atoms with Crippen molar-refractivity contribution in [3.8, 4) is 0 Å². The monoisotopic (exact) mass is 443 g/mol. The quantitative estimate of drug-likeness (QED) is 0.499. The smallest absolute Gasteiger partial charge is 0.318 e. The fourth-order valence-corrected chi connectivity index (χ4v) is 4.10. The van der Waals surface area contributed by atoms with E-state index in [-0.39, 0.29) is 25.3 Å². The summed E-state index contributed by atoms with van der Waals surface area (Å²) in [5, 5.41) is 3.39. The van der Waals surface area contributed by atoms with E-state index in [2.05, 4.69) is 0 Å². The molecule has 1 saturated carbocycles. The van der Waals surface area contributed by atoms with Gasteiger partial charge in [0.05, 0.1) is 0 Å². The van der Waals surface area contributed by atoms with Gasteiger partial charge in [-0.2, -0.15) is 13.2 Å². The number of imide groups is 1. The average Bonchev–Trinajstić information content (AvgIpc) is 2.97. The normalized spacial score (nSPS) is 22.5. The van der Waals surface area contributed by atoms with Crippen molar-refractivity contribution in [3.05, 3.63) is 35.6 Å². The maximum atomic E-state index is 13.9. The Morgan fingerprint density at radius 2 is 1.77 bits per heavy atom. The molecule has 1 heterocycles. The van der Waals surface area contributed by atoms with Gasteiger partial charge >= 0.3 is 12.2 Å². The molecule has 6 nitrogen and oxygen atoms in total. The molecule has 31 heavy (non-hydrogen) atoms. The SMILES string of the molecule is O=C(CCC1CCCCC1)N[C@]1(C(F)(F)F)NC(=O)N(CCc2ccc(F)cc2)C1=O. The molecule has 1 aliphatic heterocycles. The highest BCUT2D eigenvalue weighted by atomic mass is 19.4. The lowest BCUT2D eigenvalue weighted by Gasteiger charge is -2.30. The molecule has 2 aliphatic rings. The Morgan fingerprint density at radius 3 is 2.39 bits per heavy atom. The van der Waals surface area contributed by atoms with E-state index in [0.717, 1.165) is 32.1 Å². The van der Waals surface area contributed by atoms with E-state index in [4.69, 9.17) is 0 Å². The van der Waals surface area contributed by atoms with Crippen LogP contribution in [0.2, 0.25) is 0 Å². The van der Waals surface area contributed by atoms with Crippen LogP contribution in [0.3, 0.4) is 0 Å². The van der Waals surface area contributed by atoms with Crippen LogP contribution in [0, 0.1) is 11.7 Å². The number of halogens is 4. The van der Waals surface area contributed by atoms with Crippen molar-refractivity contribution in [2.45, 2.75) is 63.2 Å². The number of nitrogens with one attached hydrogen (secondary N) is 2. The first-order chi connectivity index (χ1) is 14.6. The van der Waals surface area contributed by atoms with Crippen LogP contribution in [-0.2, 0) is 16.0 Å². The van der Waals surface area contributed by atoms with Crippen LogP contribution < -0.4 is 10.6 Å². The summed E-state index contributed by atoms with van der Waals surface area (Å²) in [5.41, 5.74) is -2.93. The molecule has 1 atom stereocenters. The van der Waals surface area contributed by atoms with Gasteiger partial charge in [0.25, 0.3) is 11.6 Å². The lowest BCUT2D eigenvalue weighted by atomic mass is 9.86. The largest absolute Gasteiger partial charge is 0.440 e. The standard InChI is InChI=1S/C21H25F4N3O3/c22-16-9-6-15(7-10-16)12-13-28-18(30)20(21(23,24)25,27-19(28)31)26-17(29)11-8-14-4-2-1-3-5-14/h6-7,9-10,14H,1-5,8,11-13H2,(H,26,29)(H,27,31)/t20-/m0/s1. The summed E-state index contributed by atoms with van der Waals surface area (Å²) in [7, 11) is 0. The second kappa shape index (κ2) is 9.23. The molecule has 0 spiro atoms. The molecule has 1 aliphatic carbocycles. The molecular weight excluding hydrogens is 418 g/mol. The summed E-state index contributed by atoms with van der Waals surface area (Å²) in [4.78, 5) is 37.6. The van der Waals surface area contributed by atoms with Crippen molar-refractivity contribution in [1.29, 1.82) is 0 Å². The Morgan fingerprint density at radius 1 is 1.13 bits per heavy atom. The second-order valence-electron chi connectivity index (χ2n) is 8.10. The molecule has 0 radical (unpaired) electrons. The average molecular weight is 443 g/mol.